The number of ether oxygens (including phenoxy) is 2. The number of benzene rings is 1. The van der Waals surface area contributed by atoms with E-state index in [-0.39, 0.29) is 0 Å². The molecule has 22 heavy (non-hydrogen) atoms. The second-order valence-corrected chi connectivity index (χ2v) is 7.83. The van der Waals surface area contributed by atoms with Crippen molar-refractivity contribution in [2.45, 2.75) is 63.9 Å². The Bertz CT molecular complexity index is 525. The van der Waals surface area contributed by atoms with E-state index in [1.165, 1.54) is 57.8 Å². The van der Waals surface area contributed by atoms with Crippen LogP contribution in [-0.2, 0) is 17.6 Å². The predicted octanol–water partition coefficient (Wildman–Crippen LogP) is 4.54. The Morgan fingerprint density at radius 3 is 2.50 bits per heavy atom. The molecule has 0 heterocycles. The molecule has 0 unspecified atom stereocenters. The molecule has 0 atom stereocenters. The van der Waals surface area contributed by atoms with Gasteiger partial charge in [-0.1, -0.05) is 12.5 Å². The fourth-order valence-corrected chi connectivity index (χ4v) is 4.57. The van der Waals surface area contributed by atoms with E-state index in [1.807, 2.05) is 7.11 Å². The van der Waals surface area contributed by atoms with Gasteiger partial charge in [-0.25, -0.2) is 0 Å². The summed E-state index contributed by atoms with van der Waals surface area (Å²) >= 11 is 0. The van der Waals surface area contributed by atoms with Gasteiger partial charge in [-0.3, -0.25) is 0 Å². The summed E-state index contributed by atoms with van der Waals surface area (Å²) in [5, 5.41) is 0. The van der Waals surface area contributed by atoms with Crippen molar-refractivity contribution in [2.75, 3.05) is 13.7 Å². The van der Waals surface area contributed by atoms with E-state index in [0.29, 0.717) is 11.5 Å². The lowest BCUT2D eigenvalue weighted by Crippen LogP contribution is -2.31. The van der Waals surface area contributed by atoms with E-state index in [0.717, 1.165) is 18.3 Å². The Kier molecular flexibility index (Phi) is 3.89. The molecule has 0 radical (unpaired) electrons. The zero-order valence-electron chi connectivity index (χ0n) is 13.8. The molecule has 3 aliphatic carbocycles. The highest BCUT2D eigenvalue weighted by atomic mass is 16.5. The molecule has 0 amide bonds. The van der Waals surface area contributed by atoms with Crippen molar-refractivity contribution in [3.63, 3.8) is 0 Å². The molecule has 2 fully saturated rings. The minimum Gasteiger partial charge on any atom is -0.493 e. The fraction of sp³-hybridized carbons (Fsp3) is 0.700. The molecule has 4 rings (SSSR count). The van der Waals surface area contributed by atoms with Crippen molar-refractivity contribution in [2.24, 2.45) is 11.3 Å². The summed E-state index contributed by atoms with van der Waals surface area (Å²) in [5.41, 5.74) is 3.62. The second kappa shape index (κ2) is 5.88. The van der Waals surface area contributed by atoms with Crippen LogP contribution in [0.2, 0.25) is 0 Å². The highest BCUT2D eigenvalue weighted by Crippen LogP contribution is 2.48. The number of methoxy groups -OCH3 is 1. The molecule has 0 N–H and O–H groups in total. The first kappa shape index (κ1) is 14.6. The quantitative estimate of drug-likeness (QED) is 0.813. The largest absolute Gasteiger partial charge is 0.493 e. The maximum Gasteiger partial charge on any atom is 0.119 e. The number of rotatable bonds is 4. The van der Waals surface area contributed by atoms with E-state index < -0.39 is 0 Å². The van der Waals surface area contributed by atoms with Gasteiger partial charge in [-0.15, -0.1) is 0 Å². The topological polar surface area (TPSA) is 18.5 Å². The first-order chi connectivity index (χ1) is 10.8. The molecule has 0 saturated heterocycles. The summed E-state index contributed by atoms with van der Waals surface area (Å²) in [6.07, 6.45) is 12.2. The standard InChI is InChI=1S/C20H28O2/c1-21-18-7-9-20(10-8-18)12-16-5-6-19(11-17(16)13-20)22-14-15-3-2-4-15/h5-6,11,15,18H,2-4,7-10,12-14H2,1H3. The van der Waals surface area contributed by atoms with Crippen LogP contribution in [0.1, 0.15) is 56.1 Å². The van der Waals surface area contributed by atoms with Crippen LogP contribution in [0.4, 0.5) is 0 Å². The van der Waals surface area contributed by atoms with Gasteiger partial charge in [0.15, 0.2) is 0 Å². The fourth-order valence-electron chi connectivity index (χ4n) is 4.57. The smallest absolute Gasteiger partial charge is 0.119 e. The zero-order chi connectivity index (χ0) is 15.0. The first-order valence-electron chi connectivity index (χ1n) is 9.04. The molecule has 2 nitrogen and oxygen atoms in total. The Morgan fingerprint density at radius 1 is 1.05 bits per heavy atom. The van der Waals surface area contributed by atoms with Crippen molar-refractivity contribution in [1.82, 2.24) is 0 Å². The molecule has 2 saturated carbocycles. The average molecular weight is 300 g/mol. The number of hydrogen-bond acceptors (Lipinski definition) is 2. The third-order valence-corrected chi connectivity index (χ3v) is 6.35. The molecule has 2 heteroatoms. The minimum absolute atomic E-state index is 0.496. The van der Waals surface area contributed by atoms with Crippen LogP contribution in [0.5, 0.6) is 5.75 Å². The lowest BCUT2D eigenvalue weighted by molar-refractivity contribution is 0.0298. The number of hydrogen-bond donors (Lipinski definition) is 0. The summed E-state index contributed by atoms with van der Waals surface area (Å²) < 4.78 is 11.6. The first-order valence-corrected chi connectivity index (χ1v) is 9.04. The molecular formula is C20H28O2. The van der Waals surface area contributed by atoms with Crippen molar-refractivity contribution in [3.05, 3.63) is 29.3 Å². The molecule has 120 valence electrons. The molecule has 1 spiro atoms. The monoisotopic (exact) mass is 300 g/mol. The second-order valence-electron chi connectivity index (χ2n) is 7.83. The average Bonchev–Trinajstić information content (AvgIpc) is 2.83. The van der Waals surface area contributed by atoms with Gasteiger partial charge in [0.25, 0.3) is 0 Å². The van der Waals surface area contributed by atoms with Crippen LogP contribution < -0.4 is 4.74 Å². The molecule has 1 aromatic rings. The van der Waals surface area contributed by atoms with E-state index in [9.17, 15) is 0 Å². The van der Waals surface area contributed by atoms with Crippen LogP contribution in [0.15, 0.2) is 18.2 Å². The summed E-state index contributed by atoms with van der Waals surface area (Å²) in [6, 6.07) is 6.84. The molecule has 1 aromatic carbocycles. The maximum atomic E-state index is 6.03. The van der Waals surface area contributed by atoms with Crippen LogP contribution in [0.25, 0.3) is 0 Å². The summed E-state index contributed by atoms with van der Waals surface area (Å²) in [4.78, 5) is 0. The van der Waals surface area contributed by atoms with Gasteiger partial charge in [0.2, 0.25) is 0 Å². The number of fused-ring (bicyclic) bond motifs is 1. The van der Waals surface area contributed by atoms with E-state index in [4.69, 9.17) is 9.47 Å². The van der Waals surface area contributed by atoms with Gasteiger partial charge >= 0.3 is 0 Å². The summed E-state index contributed by atoms with van der Waals surface area (Å²) in [6.45, 7) is 0.916. The lowest BCUT2D eigenvalue weighted by atomic mass is 9.71. The highest BCUT2D eigenvalue weighted by molar-refractivity contribution is 5.40. The van der Waals surface area contributed by atoms with E-state index >= 15 is 0 Å². The third kappa shape index (κ3) is 2.78. The predicted molar refractivity (Wildman–Crippen MR) is 88.4 cm³/mol. The molecule has 0 aromatic heterocycles. The van der Waals surface area contributed by atoms with E-state index in [1.54, 1.807) is 11.1 Å². The van der Waals surface area contributed by atoms with Crippen LogP contribution in [-0.4, -0.2) is 19.8 Å². The van der Waals surface area contributed by atoms with Crippen molar-refractivity contribution in [3.8, 4) is 5.75 Å². The maximum absolute atomic E-state index is 6.03. The van der Waals surface area contributed by atoms with Crippen LogP contribution in [0.3, 0.4) is 0 Å². The van der Waals surface area contributed by atoms with Gasteiger partial charge < -0.3 is 9.47 Å². The third-order valence-electron chi connectivity index (χ3n) is 6.35. The minimum atomic E-state index is 0.496. The summed E-state index contributed by atoms with van der Waals surface area (Å²) in [5.74, 6) is 1.90. The van der Waals surface area contributed by atoms with E-state index in [2.05, 4.69) is 18.2 Å². The van der Waals surface area contributed by atoms with Crippen molar-refractivity contribution in [1.29, 1.82) is 0 Å². The molecule has 0 bridgehead atoms. The Labute approximate surface area is 134 Å². The van der Waals surface area contributed by atoms with Gasteiger partial charge in [-0.05, 0) is 86.0 Å². The molecule has 0 aliphatic heterocycles. The van der Waals surface area contributed by atoms with Crippen LogP contribution in [0, 0.1) is 11.3 Å². The van der Waals surface area contributed by atoms with Gasteiger partial charge in [-0.2, -0.15) is 0 Å². The SMILES string of the molecule is COC1CCC2(CC1)Cc1ccc(OCC3CCC3)cc1C2. The zero-order valence-corrected chi connectivity index (χ0v) is 13.8. The van der Waals surface area contributed by atoms with Crippen molar-refractivity contribution >= 4 is 0 Å². The Morgan fingerprint density at radius 2 is 1.82 bits per heavy atom. The van der Waals surface area contributed by atoms with Gasteiger partial charge in [0.05, 0.1) is 12.7 Å². The van der Waals surface area contributed by atoms with Gasteiger partial charge in [0.1, 0.15) is 5.75 Å². The molecular weight excluding hydrogens is 272 g/mol. The van der Waals surface area contributed by atoms with Crippen molar-refractivity contribution < 1.29 is 9.47 Å². The lowest BCUT2D eigenvalue weighted by Gasteiger charge is -2.36. The van der Waals surface area contributed by atoms with Gasteiger partial charge in [0, 0.05) is 7.11 Å². The summed E-state index contributed by atoms with van der Waals surface area (Å²) in [7, 11) is 1.86. The Balaban J connectivity index is 1.40. The molecule has 3 aliphatic rings. The van der Waals surface area contributed by atoms with Crippen LogP contribution >= 0.6 is 0 Å². The highest BCUT2D eigenvalue weighted by Gasteiger charge is 2.40. The normalized spacial score (nSPS) is 31.0. The Hall–Kier alpha value is -1.02.